The first-order valence-corrected chi connectivity index (χ1v) is 7.54. The lowest BCUT2D eigenvalue weighted by molar-refractivity contribution is -0.385. The van der Waals surface area contributed by atoms with Crippen molar-refractivity contribution in [2.75, 3.05) is 0 Å². The molecule has 0 spiro atoms. The van der Waals surface area contributed by atoms with Crippen LogP contribution in [0.5, 0.6) is 5.75 Å². The summed E-state index contributed by atoms with van der Waals surface area (Å²) in [5.41, 5.74) is 2.38. The maximum absolute atomic E-state index is 10.9. The van der Waals surface area contributed by atoms with Crippen LogP contribution in [0.25, 0.3) is 21.9 Å². The van der Waals surface area contributed by atoms with E-state index in [4.69, 9.17) is 4.42 Å². The van der Waals surface area contributed by atoms with Crippen molar-refractivity contribution in [3.05, 3.63) is 76.3 Å². The molecule has 0 aliphatic rings. The summed E-state index contributed by atoms with van der Waals surface area (Å²) in [6.07, 6.45) is 1.51. The first-order valence-electron chi connectivity index (χ1n) is 7.54. The molecule has 4 rings (SSSR count). The third-order valence-corrected chi connectivity index (χ3v) is 3.92. The van der Waals surface area contributed by atoms with E-state index in [0.717, 1.165) is 21.9 Å². The first kappa shape index (κ1) is 14.9. The average Bonchev–Trinajstić information content (AvgIpc) is 2.98. The number of phenols is 1. The fourth-order valence-electron chi connectivity index (χ4n) is 2.71. The molecule has 1 aromatic heterocycles. The van der Waals surface area contributed by atoms with Crippen molar-refractivity contribution < 1.29 is 14.4 Å². The number of nitrogens with zero attached hydrogens (tertiary/aromatic N) is 2. The van der Waals surface area contributed by atoms with Gasteiger partial charge < -0.3 is 9.52 Å². The lowest BCUT2D eigenvalue weighted by Gasteiger charge is -1.98. The summed E-state index contributed by atoms with van der Waals surface area (Å²) >= 11 is 0. The van der Waals surface area contributed by atoms with E-state index in [-0.39, 0.29) is 11.4 Å². The number of hydrogen-bond donors (Lipinski definition) is 1. The number of aromatic hydroxyl groups is 1. The number of fused-ring (bicyclic) bond motifs is 3. The second-order valence-corrected chi connectivity index (χ2v) is 5.54. The molecule has 3 aromatic carbocycles. The number of benzene rings is 3. The number of rotatable bonds is 3. The van der Waals surface area contributed by atoms with Gasteiger partial charge in [-0.2, -0.15) is 0 Å². The molecule has 1 heterocycles. The number of nitro benzene ring substituents is 1. The highest BCUT2D eigenvalue weighted by Gasteiger charge is 2.12. The number of hydrogen-bond acceptors (Lipinski definition) is 5. The molecular formula is C19H12N2O4. The van der Waals surface area contributed by atoms with Crippen molar-refractivity contribution in [1.82, 2.24) is 0 Å². The fraction of sp³-hybridized carbons (Fsp3) is 0. The van der Waals surface area contributed by atoms with Gasteiger partial charge in [-0.05, 0) is 35.9 Å². The molecule has 6 heteroatoms. The number of aliphatic imine (C=N–C) groups is 1. The Balaban J connectivity index is 1.70. The molecule has 0 saturated heterocycles. The molecule has 0 unspecified atom stereocenters. The third-order valence-electron chi connectivity index (χ3n) is 3.92. The van der Waals surface area contributed by atoms with E-state index in [9.17, 15) is 15.2 Å². The molecule has 0 atom stereocenters. The lowest BCUT2D eigenvalue weighted by atomic mass is 10.1. The molecule has 4 aromatic rings. The van der Waals surface area contributed by atoms with E-state index in [1.165, 1.54) is 18.3 Å². The minimum Gasteiger partial charge on any atom is -0.502 e. The lowest BCUT2D eigenvalue weighted by Crippen LogP contribution is -1.90. The van der Waals surface area contributed by atoms with E-state index < -0.39 is 4.92 Å². The molecular weight excluding hydrogens is 320 g/mol. The molecule has 6 nitrogen and oxygen atoms in total. The summed E-state index contributed by atoms with van der Waals surface area (Å²) in [6.45, 7) is 0. The molecule has 0 fully saturated rings. The quantitative estimate of drug-likeness (QED) is 0.326. The van der Waals surface area contributed by atoms with Crippen LogP contribution >= 0.6 is 0 Å². The van der Waals surface area contributed by atoms with Gasteiger partial charge in [-0.1, -0.05) is 18.2 Å². The average molecular weight is 332 g/mol. The third kappa shape index (κ3) is 2.70. The van der Waals surface area contributed by atoms with Gasteiger partial charge in [0.15, 0.2) is 5.75 Å². The fourth-order valence-corrected chi connectivity index (χ4v) is 2.71. The molecule has 0 aliphatic heterocycles. The highest BCUT2D eigenvalue weighted by Crippen LogP contribution is 2.31. The van der Waals surface area contributed by atoms with E-state index in [0.29, 0.717) is 11.3 Å². The van der Waals surface area contributed by atoms with Gasteiger partial charge >= 0.3 is 5.69 Å². The van der Waals surface area contributed by atoms with Crippen molar-refractivity contribution in [2.24, 2.45) is 4.99 Å². The number of furan rings is 1. The minimum absolute atomic E-state index is 0.350. The Bertz CT molecular complexity index is 1140. The van der Waals surface area contributed by atoms with Crippen LogP contribution in [-0.2, 0) is 0 Å². The Morgan fingerprint density at radius 3 is 2.64 bits per heavy atom. The van der Waals surface area contributed by atoms with Gasteiger partial charge in [-0.3, -0.25) is 15.1 Å². The second kappa shape index (κ2) is 5.76. The van der Waals surface area contributed by atoms with E-state index in [1.807, 2.05) is 42.5 Å². The zero-order valence-corrected chi connectivity index (χ0v) is 12.9. The largest absolute Gasteiger partial charge is 0.502 e. The normalized spacial score (nSPS) is 11.5. The zero-order chi connectivity index (χ0) is 17.4. The van der Waals surface area contributed by atoms with Gasteiger partial charge in [0.25, 0.3) is 0 Å². The SMILES string of the molecule is O=[N+]([O-])c1cc(C=Nc2ccc3c(c2)oc2ccccc23)ccc1O. The van der Waals surface area contributed by atoms with Gasteiger partial charge in [-0.15, -0.1) is 0 Å². The smallest absolute Gasteiger partial charge is 0.311 e. The Morgan fingerprint density at radius 2 is 1.80 bits per heavy atom. The van der Waals surface area contributed by atoms with Crippen molar-refractivity contribution >= 4 is 39.5 Å². The van der Waals surface area contributed by atoms with E-state index in [1.54, 1.807) is 6.07 Å². The Kier molecular flexibility index (Phi) is 3.43. The summed E-state index contributed by atoms with van der Waals surface area (Å²) in [4.78, 5) is 14.6. The predicted molar refractivity (Wildman–Crippen MR) is 95.7 cm³/mol. The standard InChI is InChI=1S/C19H12N2O4/c22-17-8-5-12(9-16(17)21(23)24)11-20-13-6-7-15-14-3-1-2-4-18(14)25-19(15)10-13/h1-11,22H. The van der Waals surface area contributed by atoms with Crippen LogP contribution in [-0.4, -0.2) is 16.2 Å². The maximum atomic E-state index is 10.9. The summed E-state index contributed by atoms with van der Waals surface area (Å²) in [5, 5.41) is 22.4. The predicted octanol–water partition coefficient (Wildman–Crippen LogP) is 4.95. The van der Waals surface area contributed by atoms with Crippen LogP contribution in [0.1, 0.15) is 5.56 Å². The van der Waals surface area contributed by atoms with E-state index in [2.05, 4.69) is 4.99 Å². The van der Waals surface area contributed by atoms with Crippen LogP contribution in [0, 0.1) is 10.1 Å². The van der Waals surface area contributed by atoms with Crippen LogP contribution in [0.2, 0.25) is 0 Å². The monoisotopic (exact) mass is 332 g/mol. The Hall–Kier alpha value is -3.67. The maximum Gasteiger partial charge on any atom is 0.311 e. The van der Waals surface area contributed by atoms with Crippen molar-refractivity contribution in [1.29, 1.82) is 0 Å². The van der Waals surface area contributed by atoms with E-state index >= 15 is 0 Å². The van der Waals surface area contributed by atoms with Crippen molar-refractivity contribution in [3.8, 4) is 5.75 Å². The molecule has 1 N–H and O–H groups in total. The number of nitro groups is 1. The molecule has 0 saturated carbocycles. The van der Waals surface area contributed by atoms with Crippen LogP contribution in [0.3, 0.4) is 0 Å². The zero-order valence-electron chi connectivity index (χ0n) is 12.9. The van der Waals surface area contributed by atoms with Gasteiger partial charge in [0.1, 0.15) is 11.2 Å². The van der Waals surface area contributed by atoms with Gasteiger partial charge in [0, 0.05) is 29.1 Å². The molecule has 0 bridgehead atoms. The molecule has 25 heavy (non-hydrogen) atoms. The molecule has 0 amide bonds. The topological polar surface area (TPSA) is 88.9 Å². The highest BCUT2D eigenvalue weighted by molar-refractivity contribution is 6.05. The Labute approximate surface area is 141 Å². The highest BCUT2D eigenvalue weighted by atomic mass is 16.6. The van der Waals surface area contributed by atoms with Gasteiger partial charge in [-0.25, -0.2) is 0 Å². The minimum atomic E-state index is -0.632. The first-order chi connectivity index (χ1) is 12.1. The van der Waals surface area contributed by atoms with Crippen molar-refractivity contribution in [2.45, 2.75) is 0 Å². The van der Waals surface area contributed by atoms with Gasteiger partial charge in [0.2, 0.25) is 0 Å². The van der Waals surface area contributed by atoms with Crippen LogP contribution in [0.4, 0.5) is 11.4 Å². The molecule has 122 valence electrons. The summed E-state index contributed by atoms with van der Waals surface area (Å²) in [5.74, 6) is -0.370. The van der Waals surface area contributed by atoms with Crippen LogP contribution in [0.15, 0.2) is 70.1 Å². The summed E-state index contributed by atoms with van der Waals surface area (Å²) in [7, 11) is 0. The molecule has 0 aliphatic carbocycles. The van der Waals surface area contributed by atoms with Crippen molar-refractivity contribution in [3.63, 3.8) is 0 Å². The Morgan fingerprint density at radius 1 is 1.00 bits per heavy atom. The molecule has 0 radical (unpaired) electrons. The van der Waals surface area contributed by atoms with Crippen LogP contribution < -0.4 is 0 Å². The van der Waals surface area contributed by atoms with Gasteiger partial charge in [0.05, 0.1) is 10.6 Å². The second-order valence-electron chi connectivity index (χ2n) is 5.54. The summed E-state index contributed by atoms with van der Waals surface area (Å²) in [6, 6.07) is 17.5. The summed E-state index contributed by atoms with van der Waals surface area (Å²) < 4.78 is 5.82. The number of para-hydroxylation sites is 1. The number of phenolic OH excluding ortho intramolecular Hbond substituents is 1.